The Morgan fingerprint density at radius 3 is 2.55 bits per heavy atom. The molecule has 210 valence electrons. The molecule has 0 bridgehead atoms. The van der Waals surface area contributed by atoms with Gasteiger partial charge in [0.1, 0.15) is 5.75 Å². The second-order valence-corrected chi connectivity index (χ2v) is 11.5. The number of benzene rings is 1. The highest BCUT2D eigenvalue weighted by atomic mass is 32.2. The average Bonchev–Trinajstić information content (AvgIpc) is 3.37. The average molecular weight is 559 g/mol. The number of aryl methyl sites for hydroxylation is 1. The van der Waals surface area contributed by atoms with E-state index >= 15 is 0 Å². The van der Waals surface area contributed by atoms with Crippen molar-refractivity contribution in [3.05, 3.63) is 66.2 Å². The zero-order valence-corrected chi connectivity index (χ0v) is 24.8. The number of anilines is 2. The predicted molar refractivity (Wildman–Crippen MR) is 162 cm³/mol. The van der Waals surface area contributed by atoms with Crippen LogP contribution in [0.2, 0.25) is 0 Å². The minimum atomic E-state index is 0.485. The van der Waals surface area contributed by atoms with Crippen molar-refractivity contribution in [1.82, 2.24) is 29.6 Å². The number of pyridine rings is 1. The van der Waals surface area contributed by atoms with Gasteiger partial charge in [0.25, 0.3) is 0 Å². The molecule has 1 saturated heterocycles. The normalized spacial score (nSPS) is 14.1. The van der Waals surface area contributed by atoms with Gasteiger partial charge in [-0.2, -0.15) is 10.1 Å². The summed E-state index contributed by atoms with van der Waals surface area (Å²) in [7, 11) is 4.06. The van der Waals surface area contributed by atoms with Crippen LogP contribution in [-0.4, -0.2) is 62.9 Å². The van der Waals surface area contributed by atoms with E-state index in [1.807, 2.05) is 25.6 Å². The van der Waals surface area contributed by atoms with Crippen molar-refractivity contribution in [3.8, 4) is 22.9 Å². The van der Waals surface area contributed by atoms with Gasteiger partial charge >= 0.3 is 0 Å². The van der Waals surface area contributed by atoms with Crippen LogP contribution in [0, 0.1) is 5.92 Å². The highest BCUT2D eigenvalue weighted by Crippen LogP contribution is 2.36. The third-order valence-electron chi connectivity index (χ3n) is 6.95. The summed E-state index contributed by atoms with van der Waals surface area (Å²) in [5.74, 6) is 2.21. The molecule has 1 aliphatic heterocycles. The molecule has 5 rings (SSSR count). The van der Waals surface area contributed by atoms with E-state index in [1.165, 1.54) is 17.5 Å². The molecule has 0 atom stereocenters. The Balaban J connectivity index is 1.52. The Kier molecular flexibility index (Phi) is 8.86. The number of likely N-dealkylation sites (N-methyl/N-ethyl adjacent to an activating group) is 1. The number of nitrogens with zero attached hydrogens (tertiary/aromatic N) is 7. The quantitative estimate of drug-likeness (QED) is 0.247. The Morgan fingerprint density at radius 1 is 1.02 bits per heavy atom. The number of nitrogens with one attached hydrogen (secondary N) is 1. The second-order valence-electron chi connectivity index (χ2n) is 10.6. The van der Waals surface area contributed by atoms with E-state index in [1.54, 1.807) is 10.9 Å². The molecule has 0 spiro atoms. The van der Waals surface area contributed by atoms with Gasteiger partial charge in [-0.1, -0.05) is 45.0 Å². The minimum Gasteiger partial charge on any atom is -0.437 e. The van der Waals surface area contributed by atoms with E-state index in [0.29, 0.717) is 23.5 Å². The maximum absolute atomic E-state index is 6.52. The summed E-state index contributed by atoms with van der Waals surface area (Å²) in [4.78, 5) is 20.0. The number of hydrogen-bond acceptors (Lipinski definition) is 9. The van der Waals surface area contributed by atoms with Crippen LogP contribution in [-0.2, 0) is 19.9 Å². The van der Waals surface area contributed by atoms with Crippen LogP contribution in [0.4, 0.5) is 11.6 Å². The Hall–Kier alpha value is -3.63. The smallest absolute Gasteiger partial charge is 0.237 e. The fourth-order valence-electron chi connectivity index (χ4n) is 4.87. The van der Waals surface area contributed by atoms with E-state index in [4.69, 9.17) is 14.7 Å². The summed E-state index contributed by atoms with van der Waals surface area (Å²) in [6.45, 7) is 10.6. The molecule has 4 heterocycles. The number of hydrogen-bond donors (Lipinski definition) is 1. The lowest BCUT2D eigenvalue weighted by Crippen LogP contribution is -2.44. The van der Waals surface area contributed by atoms with E-state index in [0.717, 1.165) is 66.4 Å². The lowest BCUT2D eigenvalue weighted by atomic mass is 9.94. The minimum absolute atomic E-state index is 0.485. The molecule has 1 fully saturated rings. The van der Waals surface area contributed by atoms with Gasteiger partial charge in [0, 0.05) is 56.6 Å². The van der Waals surface area contributed by atoms with Crippen molar-refractivity contribution in [2.75, 3.05) is 42.8 Å². The van der Waals surface area contributed by atoms with E-state index < -0.39 is 0 Å². The largest absolute Gasteiger partial charge is 0.437 e. The molecule has 0 radical (unpaired) electrons. The molecule has 4 aromatic rings. The molecule has 9 nitrogen and oxygen atoms in total. The number of aromatic nitrogens is 5. The lowest BCUT2D eigenvalue weighted by molar-refractivity contribution is 0.312. The predicted octanol–water partition coefficient (Wildman–Crippen LogP) is 5.70. The molecule has 0 unspecified atom stereocenters. The van der Waals surface area contributed by atoms with Gasteiger partial charge in [0.05, 0.1) is 34.9 Å². The molecule has 0 saturated carbocycles. The van der Waals surface area contributed by atoms with Crippen molar-refractivity contribution in [2.45, 2.75) is 38.5 Å². The van der Waals surface area contributed by atoms with Crippen LogP contribution >= 0.6 is 11.9 Å². The van der Waals surface area contributed by atoms with Crippen LogP contribution in [0.3, 0.4) is 0 Å². The van der Waals surface area contributed by atoms with Crippen LogP contribution in [0.1, 0.15) is 31.9 Å². The standard InChI is InChI=1S/C30H38N8OS/c1-6-26-28(27-10-8-7-9-22(27)15-21(2)3)33-30(35-40-25-19-32-37(5)20-25)34-29(26)39-24-16-23(17-31-18-24)38-13-11-36(4)12-14-38/h7-10,16-21H,6,11-15H2,1-5H3,(H,33,34,35). The van der Waals surface area contributed by atoms with Gasteiger partial charge in [0.15, 0.2) is 0 Å². The zero-order chi connectivity index (χ0) is 28.1. The van der Waals surface area contributed by atoms with E-state index in [2.05, 4.69) is 82.8 Å². The molecule has 1 N–H and O–H groups in total. The van der Waals surface area contributed by atoms with Gasteiger partial charge in [0.2, 0.25) is 11.8 Å². The highest BCUT2D eigenvalue weighted by molar-refractivity contribution is 8.00. The Labute approximate surface area is 241 Å². The summed E-state index contributed by atoms with van der Waals surface area (Å²) in [6.07, 6.45) is 9.11. The third-order valence-corrected chi connectivity index (χ3v) is 7.68. The first-order chi connectivity index (χ1) is 19.4. The first kappa shape index (κ1) is 27.9. The second kappa shape index (κ2) is 12.7. The highest BCUT2D eigenvalue weighted by Gasteiger charge is 2.21. The van der Waals surface area contributed by atoms with Crippen LogP contribution in [0.25, 0.3) is 11.3 Å². The summed E-state index contributed by atoms with van der Waals surface area (Å²) >= 11 is 1.43. The molecule has 1 aliphatic rings. The fourth-order valence-corrected chi connectivity index (χ4v) is 5.48. The van der Waals surface area contributed by atoms with Crippen molar-refractivity contribution in [3.63, 3.8) is 0 Å². The van der Waals surface area contributed by atoms with Gasteiger partial charge < -0.3 is 14.5 Å². The number of piperazine rings is 1. The van der Waals surface area contributed by atoms with Gasteiger partial charge in [-0.3, -0.25) is 14.4 Å². The maximum Gasteiger partial charge on any atom is 0.237 e. The monoisotopic (exact) mass is 558 g/mol. The molecule has 1 aromatic carbocycles. The van der Waals surface area contributed by atoms with Gasteiger partial charge in [-0.15, -0.1) is 0 Å². The van der Waals surface area contributed by atoms with Crippen LogP contribution in [0.5, 0.6) is 11.6 Å². The molecular weight excluding hydrogens is 520 g/mol. The molecule has 3 aromatic heterocycles. The maximum atomic E-state index is 6.52. The molecular formula is C30H38N8OS. The van der Waals surface area contributed by atoms with Crippen molar-refractivity contribution >= 4 is 23.6 Å². The van der Waals surface area contributed by atoms with Crippen LogP contribution < -0.4 is 14.4 Å². The molecule has 40 heavy (non-hydrogen) atoms. The topological polar surface area (TPSA) is 84.2 Å². The van der Waals surface area contributed by atoms with Crippen molar-refractivity contribution < 1.29 is 4.74 Å². The molecule has 0 amide bonds. The molecule has 10 heteroatoms. The first-order valence-electron chi connectivity index (χ1n) is 13.9. The summed E-state index contributed by atoms with van der Waals surface area (Å²) in [6, 6.07) is 10.6. The van der Waals surface area contributed by atoms with E-state index in [-0.39, 0.29) is 0 Å². The van der Waals surface area contributed by atoms with Crippen LogP contribution in [0.15, 0.2) is 60.0 Å². The van der Waals surface area contributed by atoms with Crippen molar-refractivity contribution in [2.24, 2.45) is 13.0 Å². The zero-order valence-electron chi connectivity index (χ0n) is 24.0. The summed E-state index contributed by atoms with van der Waals surface area (Å²) in [5.41, 5.74) is 5.30. The number of rotatable bonds is 10. The first-order valence-corrected chi connectivity index (χ1v) is 14.7. The summed E-state index contributed by atoms with van der Waals surface area (Å²) < 4.78 is 11.6. The SMILES string of the molecule is CCc1c(Oc2cncc(N3CCN(C)CC3)c2)nc(NSc2cnn(C)c2)nc1-c1ccccc1CC(C)C. The van der Waals surface area contributed by atoms with E-state index in [9.17, 15) is 0 Å². The summed E-state index contributed by atoms with van der Waals surface area (Å²) in [5, 5.41) is 4.26. The van der Waals surface area contributed by atoms with Crippen molar-refractivity contribution in [1.29, 1.82) is 0 Å². The third kappa shape index (κ3) is 6.74. The number of ether oxygens (including phenoxy) is 1. The fraction of sp³-hybridized carbons (Fsp3) is 0.400. The Morgan fingerprint density at radius 2 is 1.82 bits per heavy atom. The Bertz CT molecular complexity index is 1430. The van der Waals surface area contributed by atoms with Gasteiger partial charge in [-0.25, -0.2) is 4.98 Å². The lowest BCUT2D eigenvalue weighted by Gasteiger charge is -2.33. The van der Waals surface area contributed by atoms with Gasteiger partial charge in [-0.05, 0) is 43.3 Å². The molecule has 0 aliphatic carbocycles.